The number of amides is 1. The van der Waals surface area contributed by atoms with Gasteiger partial charge in [0.1, 0.15) is 23.0 Å². The first kappa shape index (κ1) is 23.3. The lowest BCUT2D eigenvalue weighted by Crippen LogP contribution is -2.36. The molecule has 178 valence electrons. The summed E-state index contributed by atoms with van der Waals surface area (Å²) in [4.78, 5) is 40.1. The van der Waals surface area contributed by atoms with Crippen molar-refractivity contribution in [3.8, 4) is 0 Å². The zero-order valence-electron chi connectivity index (χ0n) is 19.2. The molecule has 0 bridgehead atoms. The van der Waals surface area contributed by atoms with Gasteiger partial charge >= 0.3 is 5.69 Å². The maximum absolute atomic E-state index is 12.7. The van der Waals surface area contributed by atoms with Gasteiger partial charge in [-0.3, -0.25) is 19.1 Å². The van der Waals surface area contributed by atoms with E-state index < -0.39 is 17.2 Å². The van der Waals surface area contributed by atoms with E-state index in [4.69, 9.17) is 9.15 Å². The van der Waals surface area contributed by atoms with Gasteiger partial charge in [-0.1, -0.05) is 37.3 Å². The Morgan fingerprint density at radius 3 is 2.71 bits per heavy atom. The molecule has 1 aliphatic carbocycles. The molecule has 0 saturated heterocycles. The van der Waals surface area contributed by atoms with Crippen molar-refractivity contribution >= 4 is 23.5 Å². The number of benzene rings is 1. The number of anilines is 2. The van der Waals surface area contributed by atoms with Crippen LogP contribution in [0.25, 0.3) is 6.08 Å². The Kier molecular flexibility index (Phi) is 7.12. The van der Waals surface area contributed by atoms with Crippen LogP contribution in [0.5, 0.6) is 0 Å². The summed E-state index contributed by atoms with van der Waals surface area (Å²) >= 11 is 0. The predicted molar refractivity (Wildman–Crippen MR) is 130 cm³/mol. The topological polar surface area (TPSA) is 118 Å². The zero-order valence-corrected chi connectivity index (χ0v) is 19.2. The number of aromatic nitrogens is 2. The molecule has 0 radical (unpaired) electrons. The second-order valence-corrected chi connectivity index (χ2v) is 8.35. The van der Waals surface area contributed by atoms with E-state index in [-0.39, 0.29) is 24.7 Å². The van der Waals surface area contributed by atoms with Crippen LogP contribution >= 0.6 is 0 Å². The van der Waals surface area contributed by atoms with Crippen molar-refractivity contribution in [2.75, 3.05) is 24.4 Å². The Bertz CT molecular complexity index is 1290. The van der Waals surface area contributed by atoms with Crippen LogP contribution in [-0.2, 0) is 22.6 Å². The molecule has 2 atom stereocenters. The largest absolute Gasteiger partial charge is 0.461 e. The van der Waals surface area contributed by atoms with Crippen LogP contribution in [0, 0.1) is 5.92 Å². The average Bonchev–Trinajstić information content (AvgIpc) is 3.36. The molecule has 1 saturated carbocycles. The van der Waals surface area contributed by atoms with Crippen LogP contribution in [0.2, 0.25) is 0 Å². The summed E-state index contributed by atoms with van der Waals surface area (Å²) in [6.45, 7) is 2.87. The van der Waals surface area contributed by atoms with Crippen molar-refractivity contribution in [2.24, 2.45) is 5.92 Å². The Balaban J connectivity index is 1.57. The minimum Gasteiger partial charge on any atom is -0.461 e. The molecule has 0 aliphatic heterocycles. The maximum Gasteiger partial charge on any atom is 0.330 e. The lowest BCUT2D eigenvalue weighted by molar-refractivity contribution is -0.111. The summed E-state index contributed by atoms with van der Waals surface area (Å²) in [5, 5.41) is 5.73. The zero-order chi connectivity index (χ0) is 24.1. The minimum atomic E-state index is -0.638. The number of furan rings is 1. The third-order valence-corrected chi connectivity index (χ3v) is 5.79. The number of nitrogens with one attached hydrogen (secondary N) is 3. The Labute approximate surface area is 196 Å². The Morgan fingerprint density at radius 2 is 2.00 bits per heavy atom. The van der Waals surface area contributed by atoms with Gasteiger partial charge in [0.25, 0.3) is 5.56 Å². The number of methoxy groups -OCH3 is 1. The second-order valence-electron chi connectivity index (χ2n) is 8.35. The summed E-state index contributed by atoms with van der Waals surface area (Å²) in [7, 11) is 1.51. The molecular formula is C25H28N4O5. The molecule has 2 unspecified atom stereocenters. The number of H-pyrrole nitrogens is 1. The summed E-state index contributed by atoms with van der Waals surface area (Å²) in [5.41, 5.74) is -0.236. The summed E-state index contributed by atoms with van der Waals surface area (Å²) in [6.07, 6.45) is 3.98. The van der Waals surface area contributed by atoms with Gasteiger partial charge in [-0.15, -0.1) is 0 Å². The van der Waals surface area contributed by atoms with Crippen LogP contribution in [-0.4, -0.2) is 29.2 Å². The van der Waals surface area contributed by atoms with Gasteiger partial charge in [0.15, 0.2) is 0 Å². The van der Waals surface area contributed by atoms with E-state index in [1.165, 1.54) is 17.8 Å². The van der Waals surface area contributed by atoms with Crippen LogP contribution < -0.4 is 21.9 Å². The molecule has 1 amide bonds. The highest BCUT2D eigenvalue weighted by Crippen LogP contribution is 2.47. The Hall–Kier alpha value is -3.85. The standard InChI is InChI=1S/C25H28N4O5/c1-16-14-19(16)20-10-8-18(34-20)9-11-21(30)27-23-22(26-15-17-6-4-3-5-7-17)24(31)28-25(32)29(23)12-13-33-2/h3-11,16,19,26H,12-15H2,1-2H3,(H,27,30)(H,28,31,32)/b11-9+. The summed E-state index contributed by atoms with van der Waals surface area (Å²) in [6, 6.07) is 13.2. The van der Waals surface area contributed by atoms with E-state index in [0.29, 0.717) is 24.1 Å². The van der Waals surface area contributed by atoms with E-state index in [1.54, 1.807) is 6.08 Å². The average molecular weight is 465 g/mol. The van der Waals surface area contributed by atoms with Gasteiger partial charge < -0.3 is 19.8 Å². The van der Waals surface area contributed by atoms with Gasteiger partial charge in [-0.25, -0.2) is 4.79 Å². The highest BCUT2D eigenvalue weighted by Gasteiger charge is 2.36. The first-order chi connectivity index (χ1) is 16.5. The molecule has 2 heterocycles. The quantitative estimate of drug-likeness (QED) is 0.397. The third-order valence-electron chi connectivity index (χ3n) is 5.79. The van der Waals surface area contributed by atoms with Crippen molar-refractivity contribution in [1.29, 1.82) is 0 Å². The molecule has 34 heavy (non-hydrogen) atoms. The number of ether oxygens (including phenoxy) is 1. The van der Waals surface area contributed by atoms with E-state index in [9.17, 15) is 14.4 Å². The van der Waals surface area contributed by atoms with Gasteiger partial charge in [-0.2, -0.15) is 0 Å². The molecule has 1 aliphatic rings. The van der Waals surface area contributed by atoms with Crippen LogP contribution in [0.4, 0.5) is 11.5 Å². The highest BCUT2D eigenvalue weighted by atomic mass is 16.5. The number of aromatic amines is 1. The molecule has 3 N–H and O–H groups in total. The fraction of sp³-hybridized carbons (Fsp3) is 0.320. The first-order valence-corrected chi connectivity index (χ1v) is 11.2. The van der Waals surface area contributed by atoms with Gasteiger partial charge in [0.2, 0.25) is 5.91 Å². The predicted octanol–water partition coefficient (Wildman–Crippen LogP) is 3.16. The monoisotopic (exact) mass is 464 g/mol. The molecule has 9 nitrogen and oxygen atoms in total. The number of rotatable bonds is 10. The van der Waals surface area contributed by atoms with E-state index in [1.807, 2.05) is 42.5 Å². The van der Waals surface area contributed by atoms with Gasteiger partial charge in [0.05, 0.1) is 13.2 Å². The minimum absolute atomic E-state index is 0.0725. The molecule has 0 spiro atoms. The molecular weight excluding hydrogens is 436 g/mol. The van der Waals surface area contributed by atoms with E-state index in [2.05, 4.69) is 22.5 Å². The number of carbonyl (C=O) groups excluding carboxylic acids is 1. The van der Waals surface area contributed by atoms with E-state index >= 15 is 0 Å². The lowest BCUT2D eigenvalue weighted by atomic mass is 10.2. The van der Waals surface area contributed by atoms with Crippen LogP contribution in [0.15, 0.2) is 62.5 Å². The van der Waals surface area contributed by atoms with Crippen molar-refractivity contribution in [3.63, 3.8) is 0 Å². The van der Waals surface area contributed by atoms with Crippen molar-refractivity contribution in [2.45, 2.75) is 32.4 Å². The fourth-order valence-electron chi connectivity index (χ4n) is 3.74. The molecule has 1 aromatic carbocycles. The normalized spacial score (nSPS) is 17.1. The fourth-order valence-corrected chi connectivity index (χ4v) is 3.74. The number of carbonyl (C=O) groups is 1. The van der Waals surface area contributed by atoms with Gasteiger partial charge in [0, 0.05) is 25.6 Å². The van der Waals surface area contributed by atoms with Crippen molar-refractivity contribution in [1.82, 2.24) is 9.55 Å². The Morgan fingerprint density at radius 1 is 1.24 bits per heavy atom. The summed E-state index contributed by atoms with van der Waals surface area (Å²) in [5.74, 6) is 2.12. The molecule has 1 fully saturated rings. The molecule has 2 aromatic heterocycles. The van der Waals surface area contributed by atoms with Crippen LogP contribution in [0.3, 0.4) is 0 Å². The van der Waals surface area contributed by atoms with Gasteiger partial charge in [-0.05, 0) is 36.1 Å². The first-order valence-electron chi connectivity index (χ1n) is 11.2. The lowest BCUT2D eigenvalue weighted by Gasteiger charge is -2.17. The second kappa shape index (κ2) is 10.4. The van der Waals surface area contributed by atoms with Crippen LogP contribution in [0.1, 0.15) is 36.3 Å². The maximum atomic E-state index is 12.7. The number of hydrogen-bond donors (Lipinski definition) is 3. The number of nitrogens with zero attached hydrogens (tertiary/aromatic N) is 1. The smallest absolute Gasteiger partial charge is 0.330 e. The van der Waals surface area contributed by atoms with Crippen molar-refractivity contribution < 1.29 is 13.9 Å². The SMILES string of the molecule is COCCn1c(NC(=O)/C=C/c2ccc(C3CC3C)o2)c(NCc2ccccc2)c(=O)[nH]c1=O. The van der Waals surface area contributed by atoms with E-state index in [0.717, 1.165) is 17.7 Å². The highest BCUT2D eigenvalue weighted by molar-refractivity contribution is 6.02. The molecule has 9 heteroatoms. The molecule has 3 aromatic rings. The third kappa shape index (κ3) is 5.55. The summed E-state index contributed by atoms with van der Waals surface area (Å²) < 4.78 is 12.2. The van der Waals surface area contributed by atoms with Crippen molar-refractivity contribution in [3.05, 3.63) is 86.5 Å². The molecule has 4 rings (SSSR count). The number of hydrogen-bond acceptors (Lipinski definition) is 6.